The zero-order valence-corrected chi connectivity index (χ0v) is 29.8. The van der Waals surface area contributed by atoms with Gasteiger partial charge in [0.25, 0.3) is 0 Å². The minimum absolute atomic E-state index is 0.842. The number of hydrogen-bond donors (Lipinski definition) is 0. The SMILES string of the molecule is c1ccc(-c2oc3ccc4c(c3c2-c2ccccc2)Cc2cccc(-c3c5ccccc5c(-c5ccc6c(c5)oc5ccccc56)c5ccccc35)c2-4)cc1. The first-order valence-electron chi connectivity index (χ1n) is 19.0. The van der Waals surface area contributed by atoms with Gasteiger partial charge < -0.3 is 8.83 Å². The van der Waals surface area contributed by atoms with E-state index >= 15 is 0 Å². The zero-order chi connectivity index (χ0) is 36.0. The molecule has 55 heavy (non-hydrogen) atoms. The van der Waals surface area contributed by atoms with Crippen LogP contribution in [0, 0.1) is 0 Å². The minimum atomic E-state index is 0.842. The summed E-state index contributed by atoms with van der Waals surface area (Å²) in [6, 6.07) is 65.5. The smallest absolute Gasteiger partial charge is 0.143 e. The van der Waals surface area contributed by atoms with Crippen LogP contribution in [0.5, 0.6) is 0 Å². The topological polar surface area (TPSA) is 26.3 Å². The lowest BCUT2D eigenvalue weighted by Gasteiger charge is -2.19. The van der Waals surface area contributed by atoms with Crippen LogP contribution in [0.4, 0.5) is 0 Å². The molecule has 0 fully saturated rings. The van der Waals surface area contributed by atoms with Crippen molar-refractivity contribution >= 4 is 54.5 Å². The summed E-state index contributed by atoms with van der Waals surface area (Å²) >= 11 is 0. The highest BCUT2D eigenvalue weighted by Crippen LogP contribution is 2.53. The van der Waals surface area contributed by atoms with Crippen molar-refractivity contribution in [3.8, 4) is 55.8 Å². The van der Waals surface area contributed by atoms with Crippen LogP contribution in [0.2, 0.25) is 0 Å². The van der Waals surface area contributed by atoms with Crippen molar-refractivity contribution in [2.24, 2.45) is 0 Å². The molecule has 0 spiro atoms. The van der Waals surface area contributed by atoms with Crippen molar-refractivity contribution in [3.05, 3.63) is 193 Å². The molecular formula is C53H32O2. The Kier molecular flexibility index (Phi) is 6.43. The molecule has 12 rings (SSSR count). The van der Waals surface area contributed by atoms with Gasteiger partial charge in [-0.05, 0) is 102 Å². The van der Waals surface area contributed by atoms with Crippen molar-refractivity contribution in [1.82, 2.24) is 0 Å². The molecule has 0 unspecified atom stereocenters. The Hall–Kier alpha value is -7.16. The molecule has 9 aromatic carbocycles. The second-order valence-corrected chi connectivity index (χ2v) is 14.7. The molecule has 0 saturated heterocycles. The molecule has 2 heterocycles. The molecule has 1 aliphatic rings. The van der Waals surface area contributed by atoms with Crippen LogP contribution in [0.1, 0.15) is 11.1 Å². The van der Waals surface area contributed by atoms with Gasteiger partial charge in [-0.25, -0.2) is 0 Å². The maximum Gasteiger partial charge on any atom is 0.143 e. The van der Waals surface area contributed by atoms with Gasteiger partial charge in [0.2, 0.25) is 0 Å². The Morgan fingerprint density at radius 2 is 0.945 bits per heavy atom. The van der Waals surface area contributed by atoms with Gasteiger partial charge in [0.05, 0.1) is 0 Å². The van der Waals surface area contributed by atoms with E-state index in [9.17, 15) is 0 Å². The lowest BCUT2D eigenvalue weighted by molar-refractivity contribution is 0.632. The van der Waals surface area contributed by atoms with Crippen molar-refractivity contribution in [1.29, 1.82) is 0 Å². The number of benzene rings is 9. The van der Waals surface area contributed by atoms with Crippen molar-refractivity contribution in [3.63, 3.8) is 0 Å². The van der Waals surface area contributed by atoms with E-state index in [-0.39, 0.29) is 0 Å². The fourth-order valence-corrected chi connectivity index (χ4v) is 9.43. The molecule has 2 heteroatoms. The third-order valence-corrected chi connectivity index (χ3v) is 11.7. The van der Waals surface area contributed by atoms with Crippen LogP contribution < -0.4 is 0 Å². The summed E-state index contributed by atoms with van der Waals surface area (Å²) in [6.07, 6.45) is 0.842. The van der Waals surface area contributed by atoms with Crippen LogP contribution in [0.25, 0.3) is 110 Å². The number of rotatable bonds is 4. The van der Waals surface area contributed by atoms with Gasteiger partial charge in [0, 0.05) is 27.3 Å². The summed E-state index contributed by atoms with van der Waals surface area (Å²) in [5, 5.41) is 8.43. The van der Waals surface area contributed by atoms with Crippen LogP contribution in [0.3, 0.4) is 0 Å². The normalized spacial score (nSPS) is 12.3. The average molecular weight is 701 g/mol. The molecule has 1 aliphatic carbocycles. The number of para-hydroxylation sites is 1. The third kappa shape index (κ3) is 4.43. The maximum absolute atomic E-state index is 6.79. The Labute approximate surface area is 317 Å². The van der Waals surface area contributed by atoms with E-state index in [4.69, 9.17) is 8.83 Å². The number of hydrogen-bond acceptors (Lipinski definition) is 2. The van der Waals surface area contributed by atoms with Gasteiger partial charge >= 0.3 is 0 Å². The third-order valence-electron chi connectivity index (χ3n) is 11.7. The second kappa shape index (κ2) is 11.7. The Balaban J connectivity index is 1.12. The monoisotopic (exact) mass is 700 g/mol. The molecule has 0 amide bonds. The number of fused-ring (bicyclic) bond motifs is 10. The highest BCUT2D eigenvalue weighted by Gasteiger charge is 2.30. The molecule has 0 radical (unpaired) electrons. The Bertz CT molecular complexity index is 3270. The van der Waals surface area contributed by atoms with Crippen LogP contribution in [-0.2, 0) is 6.42 Å². The number of furan rings is 2. The van der Waals surface area contributed by atoms with Gasteiger partial charge in [-0.1, -0.05) is 158 Å². The van der Waals surface area contributed by atoms with E-state index in [1.54, 1.807) is 0 Å². The first-order chi connectivity index (χ1) is 27.3. The standard InChI is InChI=1S/C53H32O2/c1-3-14-32(15-4-1)50-52-44-30-34-18-13-24-43(49(34)42(44)28-29-46(52)55-53(50)33-16-5-2-6-17-33)51-40-22-9-7-20-38(40)48(39-21-8-10-23-41(39)51)35-26-27-37-36-19-11-12-25-45(36)54-47(37)31-35/h1-29,31H,30H2. The highest BCUT2D eigenvalue weighted by atomic mass is 16.3. The lowest BCUT2D eigenvalue weighted by atomic mass is 9.83. The van der Waals surface area contributed by atoms with Crippen LogP contribution in [-0.4, -0.2) is 0 Å². The van der Waals surface area contributed by atoms with Crippen LogP contribution >= 0.6 is 0 Å². The molecule has 2 aromatic heterocycles. The maximum atomic E-state index is 6.79. The molecular weight excluding hydrogens is 669 g/mol. The van der Waals surface area contributed by atoms with E-state index < -0.39 is 0 Å². The van der Waals surface area contributed by atoms with Gasteiger partial charge in [0.1, 0.15) is 22.5 Å². The minimum Gasteiger partial charge on any atom is -0.456 e. The fourth-order valence-electron chi connectivity index (χ4n) is 9.43. The molecule has 0 saturated carbocycles. The van der Waals surface area contributed by atoms with Gasteiger partial charge in [0.15, 0.2) is 0 Å². The van der Waals surface area contributed by atoms with E-state index in [2.05, 4.69) is 170 Å². The van der Waals surface area contributed by atoms with E-state index in [0.29, 0.717) is 0 Å². The summed E-state index contributed by atoms with van der Waals surface area (Å²) in [5.74, 6) is 0.916. The molecule has 0 atom stereocenters. The Morgan fingerprint density at radius 1 is 0.327 bits per heavy atom. The molecule has 2 nitrogen and oxygen atoms in total. The largest absolute Gasteiger partial charge is 0.456 e. The molecule has 0 bridgehead atoms. The summed E-state index contributed by atoms with van der Waals surface area (Å²) in [6.45, 7) is 0. The van der Waals surface area contributed by atoms with Crippen molar-refractivity contribution < 1.29 is 8.83 Å². The average Bonchev–Trinajstić information content (AvgIpc) is 3.95. The van der Waals surface area contributed by atoms with Gasteiger partial charge in [-0.2, -0.15) is 0 Å². The quantitative estimate of drug-likeness (QED) is 0.171. The van der Waals surface area contributed by atoms with Gasteiger partial charge in [-0.15, -0.1) is 0 Å². The van der Waals surface area contributed by atoms with E-state index in [1.165, 1.54) is 65.9 Å². The predicted molar refractivity (Wildman–Crippen MR) is 228 cm³/mol. The molecule has 11 aromatic rings. The highest BCUT2D eigenvalue weighted by molar-refractivity contribution is 6.23. The second-order valence-electron chi connectivity index (χ2n) is 14.7. The predicted octanol–water partition coefficient (Wildman–Crippen LogP) is 14.9. The van der Waals surface area contributed by atoms with Gasteiger partial charge in [-0.3, -0.25) is 0 Å². The fraction of sp³-hybridized carbons (Fsp3) is 0.0189. The van der Waals surface area contributed by atoms with Crippen LogP contribution in [0.15, 0.2) is 191 Å². The first-order valence-corrected chi connectivity index (χ1v) is 19.0. The lowest BCUT2D eigenvalue weighted by Crippen LogP contribution is -1.93. The van der Waals surface area contributed by atoms with E-state index in [1.807, 2.05) is 12.1 Å². The summed E-state index contributed by atoms with van der Waals surface area (Å²) < 4.78 is 13.2. The zero-order valence-electron chi connectivity index (χ0n) is 29.8. The molecule has 0 N–H and O–H groups in total. The van der Waals surface area contributed by atoms with Crippen molar-refractivity contribution in [2.75, 3.05) is 0 Å². The molecule has 0 aliphatic heterocycles. The Morgan fingerprint density at radius 3 is 1.67 bits per heavy atom. The first kappa shape index (κ1) is 30.3. The van der Waals surface area contributed by atoms with E-state index in [0.717, 1.165) is 62.0 Å². The van der Waals surface area contributed by atoms with Crippen molar-refractivity contribution in [2.45, 2.75) is 6.42 Å². The summed E-state index contributed by atoms with van der Waals surface area (Å²) in [4.78, 5) is 0. The molecule has 256 valence electrons. The summed E-state index contributed by atoms with van der Waals surface area (Å²) in [7, 11) is 0. The summed E-state index contributed by atoms with van der Waals surface area (Å²) in [5.41, 5.74) is 16.3.